The Labute approximate surface area is 342 Å². The van der Waals surface area contributed by atoms with E-state index in [1.54, 1.807) is 6.08 Å². The first kappa shape index (κ1) is 37.0. The summed E-state index contributed by atoms with van der Waals surface area (Å²) < 4.78 is 6.30. The summed E-state index contributed by atoms with van der Waals surface area (Å²) in [5.41, 5.74) is 11.0. The van der Waals surface area contributed by atoms with E-state index in [0.29, 0.717) is 0 Å². The molecule has 3 nitrogen and oxygen atoms in total. The first-order valence-corrected chi connectivity index (χ1v) is 20.3. The van der Waals surface area contributed by atoms with Gasteiger partial charge < -0.3 is 14.2 Å². The Balaban J connectivity index is 1.44. The maximum absolute atomic E-state index is 6.30. The summed E-state index contributed by atoms with van der Waals surface area (Å²) in [4.78, 5) is 4.85. The zero-order valence-corrected chi connectivity index (χ0v) is 34.6. The summed E-state index contributed by atoms with van der Waals surface area (Å²) in [6.07, 6.45) is 5.98. The lowest BCUT2D eigenvalue weighted by Gasteiger charge is -2.33. The van der Waals surface area contributed by atoms with Gasteiger partial charge in [-0.25, -0.2) is 0 Å². The van der Waals surface area contributed by atoms with Crippen LogP contribution in [0.1, 0.15) is 70.9 Å². The molecule has 9 aromatic rings. The second kappa shape index (κ2) is 14.1. The average molecular weight is 755 g/mol. The molecule has 286 valence electrons. The van der Waals surface area contributed by atoms with Crippen LogP contribution in [0.4, 0.5) is 34.1 Å². The van der Waals surface area contributed by atoms with Gasteiger partial charge in [-0.1, -0.05) is 127 Å². The van der Waals surface area contributed by atoms with Crippen LogP contribution < -0.4 is 9.80 Å². The van der Waals surface area contributed by atoms with Crippen molar-refractivity contribution in [2.24, 2.45) is 0 Å². The molecule has 1 aromatic heterocycles. The lowest BCUT2D eigenvalue weighted by molar-refractivity contribution is 0.595. The van der Waals surface area contributed by atoms with Crippen LogP contribution in [0.3, 0.4) is 0 Å². The van der Waals surface area contributed by atoms with Crippen molar-refractivity contribution in [3.63, 3.8) is 0 Å². The molecule has 0 aliphatic carbocycles. The van der Waals surface area contributed by atoms with Crippen LogP contribution in [0.2, 0.25) is 0 Å². The summed E-state index contributed by atoms with van der Waals surface area (Å²) >= 11 is 0. The molecule has 0 amide bonds. The maximum Gasteiger partial charge on any atom is 0.135 e. The zero-order chi connectivity index (χ0) is 40.3. The molecule has 0 radical (unpaired) electrons. The van der Waals surface area contributed by atoms with E-state index in [-0.39, 0.29) is 10.8 Å². The topological polar surface area (TPSA) is 19.6 Å². The number of fused-ring (bicyclic) bond motifs is 1. The maximum atomic E-state index is 6.30. The highest BCUT2D eigenvalue weighted by molar-refractivity contribution is 6.30. The molecule has 0 aliphatic heterocycles. The minimum Gasteiger partial charge on any atom is -0.456 e. The predicted molar refractivity (Wildman–Crippen MR) is 251 cm³/mol. The Kier molecular flexibility index (Phi) is 9.01. The third-order valence-electron chi connectivity index (χ3n) is 11.5. The van der Waals surface area contributed by atoms with E-state index >= 15 is 0 Å². The molecule has 3 heteroatoms. The molecule has 0 aliphatic rings. The Morgan fingerprint density at radius 1 is 0.483 bits per heavy atom. The van der Waals surface area contributed by atoms with E-state index in [9.17, 15) is 0 Å². The molecule has 0 saturated heterocycles. The molecule has 0 fully saturated rings. The molecule has 0 spiro atoms. The van der Waals surface area contributed by atoms with Gasteiger partial charge in [-0.3, -0.25) is 0 Å². The van der Waals surface area contributed by atoms with Gasteiger partial charge in [-0.15, -0.1) is 0 Å². The summed E-state index contributed by atoms with van der Waals surface area (Å²) in [7, 11) is 0. The quantitative estimate of drug-likeness (QED) is 0.144. The SMILES string of the molecule is C=Cc1oc2ccc(N(c3ccccc3)c3ccc4c(C(C)(C)C)cc5c(N(c6ccccc6)c6ccccc6)ccc6c(C(C)(C)C)cc3c4c56)cc2c1/C=C\C. The summed E-state index contributed by atoms with van der Waals surface area (Å²) in [6.45, 7) is 20.2. The Hall–Kier alpha value is -6.58. The number of allylic oxidation sites excluding steroid dienone is 1. The number of furan rings is 1. The van der Waals surface area contributed by atoms with Crippen molar-refractivity contribution in [2.45, 2.75) is 59.3 Å². The van der Waals surface area contributed by atoms with E-state index in [0.717, 1.165) is 56.4 Å². The largest absolute Gasteiger partial charge is 0.456 e. The lowest BCUT2D eigenvalue weighted by Crippen LogP contribution is -2.17. The van der Waals surface area contributed by atoms with Crippen LogP contribution in [-0.4, -0.2) is 0 Å². The molecule has 58 heavy (non-hydrogen) atoms. The minimum absolute atomic E-state index is 0.129. The fourth-order valence-corrected chi connectivity index (χ4v) is 8.91. The summed E-state index contributed by atoms with van der Waals surface area (Å²) in [5.74, 6) is 0.777. The molecule has 1 heterocycles. The highest BCUT2D eigenvalue weighted by Crippen LogP contribution is 2.52. The molecule has 0 atom stereocenters. The third kappa shape index (κ3) is 6.14. The van der Waals surface area contributed by atoms with Gasteiger partial charge in [0.25, 0.3) is 0 Å². The molecular formula is C55H50N2O. The van der Waals surface area contributed by atoms with Crippen molar-refractivity contribution in [3.8, 4) is 0 Å². The van der Waals surface area contributed by atoms with Gasteiger partial charge in [0.15, 0.2) is 0 Å². The van der Waals surface area contributed by atoms with Crippen LogP contribution in [0.15, 0.2) is 163 Å². The molecule has 0 saturated carbocycles. The van der Waals surface area contributed by atoms with Crippen LogP contribution >= 0.6 is 0 Å². The molecule has 0 N–H and O–H groups in total. The molecule has 9 rings (SSSR count). The fraction of sp³-hybridized carbons (Fsp3) is 0.164. The van der Waals surface area contributed by atoms with Crippen LogP contribution in [0.5, 0.6) is 0 Å². The van der Waals surface area contributed by atoms with Crippen molar-refractivity contribution in [1.29, 1.82) is 0 Å². The van der Waals surface area contributed by atoms with E-state index in [1.807, 2.05) is 6.92 Å². The number of benzene rings is 8. The predicted octanol–water partition coefficient (Wildman–Crippen LogP) is 16.5. The highest BCUT2D eigenvalue weighted by atomic mass is 16.3. The summed E-state index contributed by atoms with van der Waals surface area (Å²) in [6, 6.07) is 53.3. The van der Waals surface area contributed by atoms with E-state index in [4.69, 9.17) is 4.42 Å². The van der Waals surface area contributed by atoms with Crippen molar-refractivity contribution < 1.29 is 4.42 Å². The van der Waals surface area contributed by atoms with Crippen molar-refractivity contribution in [2.75, 3.05) is 9.80 Å². The second-order valence-corrected chi connectivity index (χ2v) is 17.4. The first-order chi connectivity index (χ1) is 28.0. The standard InChI is InChI=1S/C55H50N2O/c1-9-20-40-43-33-39(27-32-51(43)58-50(40)10-2)57(38-25-18-13-19-26-38)49-31-29-42-46(54(3,4)5)34-44-48(56(36-21-14-11-15-22-36)37-23-16-12-17-24-37)30-28-41-47(55(6,7)8)35-45(49)53(42)52(41)44/h9-35H,2H2,1,3-8H3/b20-9-. The number of nitrogens with zero attached hydrogens (tertiary/aromatic N) is 2. The van der Waals surface area contributed by atoms with E-state index in [2.05, 4.69) is 216 Å². The average Bonchev–Trinajstić information content (AvgIpc) is 3.57. The molecular weight excluding hydrogens is 705 g/mol. The Bertz CT molecular complexity index is 2940. The molecule has 0 bridgehead atoms. The van der Waals surface area contributed by atoms with Crippen molar-refractivity contribution >= 4 is 89.6 Å². The normalized spacial score (nSPS) is 12.4. The van der Waals surface area contributed by atoms with Gasteiger partial charge in [-0.05, 0) is 135 Å². The number of rotatable bonds is 8. The van der Waals surface area contributed by atoms with Gasteiger partial charge in [0.2, 0.25) is 0 Å². The molecule has 8 aromatic carbocycles. The second-order valence-electron chi connectivity index (χ2n) is 17.4. The van der Waals surface area contributed by atoms with Gasteiger partial charge >= 0.3 is 0 Å². The van der Waals surface area contributed by atoms with Gasteiger partial charge in [0.05, 0.1) is 11.4 Å². The first-order valence-electron chi connectivity index (χ1n) is 20.3. The molecule has 0 unspecified atom stereocenters. The van der Waals surface area contributed by atoms with E-state index in [1.165, 1.54) is 43.4 Å². The number of para-hydroxylation sites is 3. The van der Waals surface area contributed by atoms with Crippen LogP contribution in [-0.2, 0) is 10.8 Å². The lowest BCUT2D eigenvalue weighted by atomic mass is 9.76. The smallest absolute Gasteiger partial charge is 0.135 e. The van der Waals surface area contributed by atoms with Crippen LogP contribution in [0, 0.1) is 0 Å². The van der Waals surface area contributed by atoms with Crippen LogP contribution in [0.25, 0.3) is 55.4 Å². The van der Waals surface area contributed by atoms with Crippen molar-refractivity contribution in [3.05, 3.63) is 181 Å². The number of hydrogen-bond acceptors (Lipinski definition) is 3. The van der Waals surface area contributed by atoms with E-state index < -0.39 is 0 Å². The number of anilines is 6. The zero-order valence-electron chi connectivity index (χ0n) is 34.6. The number of hydrogen-bond donors (Lipinski definition) is 0. The van der Waals surface area contributed by atoms with Gasteiger partial charge in [0.1, 0.15) is 11.3 Å². The fourth-order valence-electron chi connectivity index (χ4n) is 8.91. The minimum atomic E-state index is -0.136. The van der Waals surface area contributed by atoms with Crippen molar-refractivity contribution in [1.82, 2.24) is 0 Å². The highest BCUT2D eigenvalue weighted by Gasteiger charge is 2.29. The third-order valence-corrected chi connectivity index (χ3v) is 11.5. The monoisotopic (exact) mass is 754 g/mol. The Morgan fingerprint density at radius 2 is 0.931 bits per heavy atom. The Morgan fingerprint density at radius 3 is 1.34 bits per heavy atom. The summed E-state index contributed by atoms with van der Waals surface area (Å²) in [5, 5.41) is 8.70. The van der Waals surface area contributed by atoms with Gasteiger partial charge in [-0.2, -0.15) is 0 Å². The van der Waals surface area contributed by atoms with Gasteiger partial charge in [0, 0.05) is 44.5 Å².